The van der Waals surface area contributed by atoms with Crippen LogP contribution in [0.15, 0.2) is 0 Å². The molecule has 0 aromatic rings. The third-order valence-electron chi connectivity index (χ3n) is 2.93. The summed E-state index contributed by atoms with van der Waals surface area (Å²) in [5.74, 6) is 0.486. The van der Waals surface area contributed by atoms with Crippen LogP contribution in [-0.2, 0) is 4.79 Å². The van der Waals surface area contributed by atoms with E-state index in [2.05, 4.69) is 42.0 Å². The third kappa shape index (κ3) is 3.26. The number of rotatable bonds is 5. The number of carbonyl (C=O) groups is 1. The highest BCUT2D eigenvalue weighted by Gasteiger charge is 2.50. The van der Waals surface area contributed by atoms with Gasteiger partial charge in [0.15, 0.2) is 0 Å². The van der Waals surface area contributed by atoms with Gasteiger partial charge >= 0.3 is 0 Å². The lowest BCUT2D eigenvalue weighted by Gasteiger charge is -2.10. The van der Waals surface area contributed by atoms with Crippen molar-refractivity contribution in [1.29, 1.82) is 0 Å². The summed E-state index contributed by atoms with van der Waals surface area (Å²) in [4.78, 5) is 12.0. The van der Waals surface area contributed by atoms with Crippen molar-refractivity contribution in [3.63, 3.8) is 0 Å². The van der Waals surface area contributed by atoms with E-state index in [4.69, 9.17) is 0 Å². The SMILES string of the molecule is CCCC(Br)CNC(=O)C1CC1(C)C. The number of hydrogen-bond donors (Lipinski definition) is 1. The Morgan fingerprint density at radius 3 is 2.64 bits per heavy atom. The predicted molar refractivity (Wildman–Crippen MR) is 62.5 cm³/mol. The molecule has 1 amide bonds. The molecular weight excluding hydrogens is 242 g/mol. The number of halogens is 1. The summed E-state index contributed by atoms with van der Waals surface area (Å²) in [6.07, 6.45) is 3.31. The Kier molecular flexibility index (Phi) is 3.99. The molecule has 14 heavy (non-hydrogen) atoms. The van der Waals surface area contributed by atoms with E-state index in [9.17, 15) is 4.79 Å². The predicted octanol–water partition coefficient (Wildman–Crippen LogP) is 2.71. The standard InChI is InChI=1S/C11H20BrNO/c1-4-5-8(12)7-13-10(14)9-6-11(9,2)3/h8-9H,4-7H2,1-3H3,(H,13,14). The average molecular weight is 262 g/mol. The van der Waals surface area contributed by atoms with Crippen molar-refractivity contribution in [2.75, 3.05) is 6.54 Å². The van der Waals surface area contributed by atoms with Gasteiger partial charge < -0.3 is 5.32 Å². The molecule has 1 aliphatic rings. The molecule has 0 aliphatic heterocycles. The Bertz CT molecular complexity index is 215. The maximum absolute atomic E-state index is 11.6. The van der Waals surface area contributed by atoms with E-state index in [0.29, 0.717) is 4.83 Å². The van der Waals surface area contributed by atoms with Gasteiger partial charge in [-0.15, -0.1) is 0 Å². The first-order chi connectivity index (χ1) is 6.47. The van der Waals surface area contributed by atoms with Crippen molar-refractivity contribution in [3.05, 3.63) is 0 Å². The molecule has 2 atom stereocenters. The summed E-state index contributed by atoms with van der Waals surface area (Å²) in [6.45, 7) is 7.21. The van der Waals surface area contributed by atoms with Crippen LogP contribution in [0.1, 0.15) is 40.0 Å². The fourth-order valence-corrected chi connectivity index (χ4v) is 2.28. The lowest BCUT2D eigenvalue weighted by molar-refractivity contribution is -0.122. The minimum Gasteiger partial charge on any atom is -0.355 e. The quantitative estimate of drug-likeness (QED) is 0.758. The molecule has 82 valence electrons. The molecule has 1 saturated carbocycles. The highest BCUT2D eigenvalue weighted by Crippen LogP contribution is 2.51. The van der Waals surface area contributed by atoms with Crippen molar-refractivity contribution < 1.29 is 4.79 Å². The smallest absolute Gasteiger partial charge is 0.223 e. The van der Waals surface area contributed by atoms with E-state index in [1.54, 1.807) is 0 Å². The van der Waals surface area contributed by atoms with E-state index in [1.165, 1.54) is 0 Å². The minimum absolute atomic E-state index is 0.232. The number of carbonyl (C=O) groups excluding carboxylic acids is 1. The topological polar surface area (TPSA) is 29.1 Å². The van der Waals surface area contributed by atoms with Crippen LogP contribution in [0.3, 0.4) is 0 Å². The molecule has 0 saturated heterocycles. The van der Waals surface area contributed by atoms with Gasteiger partial charge in [-0.25, -0.2) is 0 Å². The fourth-order valence-electron chi connectivity index (χ4n) is 1.66. The summed E-state index contributed by atoms with van der Waals surface area (Å²) in [6, 6.07) is 0. The van der Waals surface area contributed by atoms with Crippen molar-refractivity contribution >= 4 is 21.8 Å². The van der Waals surface area contributed by atoms with Gasteiger partial charge in [0, 0.05) is 17.3 Å². The zero-order valence-electron chi connectivity index (χ0n) is 9.27. The molecule has 2 unspecified atom stereocenters. The molecule has 1 fully saturated rings. The Hall–Kier alpha value is -0.0500. The number of hydrogen-bond acceptors (Lipinski definition) is 1. The van der Waals surface area contributed by atoms with Gasteiger partial charge in [-0.3, -0.25) is 4.79 Å². The van der Waals surface area contributed by atoms with Crippen LogP contribution >= 0.6 is 15.9 Å². The summed E-state index contributed by atoms with van der Waals surface area (Å²) < 4.78 is 0. The molecule has 0 radical (unpaired) electrons. The summed E-state index contributed by atoms with van der Waals surface area (Å²) in [5.41, 5.74) is 0.247. The number of amides is 1. The molecular formula is C11H20BrNO. The lowest BCUT2D eigenvalue weighted by atomic mass is 10.1. The van der Waals surface area contributed by atoms with Gasteiger partial charge in [0.25, 0.3) is 0 Å². The first kappa shape index (κ1) is 12.0. The first-order valence-corrected chi connectivity index (χ1v) is 6.30. The normalized spacial score (nSPS) is 25.6. The minimum atomic E-state index is 0.232. The lowest BCUT2D eigenvalue weighted by Crippen LogP contribution is -2.31. The van der Waals surface area contributed by atoms with Crippen LogP contribution in [0.2, 0.25) is 0 Å². The summed E-state index contributed by atoms with van der Waals surface area (Å²) >= 11 is 3.55. The van der Waals surface area contributed by atoms with E-state index < -0.39 is 0 Å². The van der Waals surface area contributed by atoms with Crippen molar-refractivity contribution in [1.82, 2.24) is 5.32 Å². The monoisotopic (exact) mass is 261 g/mol. The Labute approximate surface area is 95.0 Å². The molecule has 3 heteroatoms. The van der Waals surface area contributed by atoms with Gasteiger partial charge in [-0.05, 0) is 18.3 Å². The van der Waals surface area contributed by atoms with Crippen molar-refractivity contribution in [3.8, 4) is 0 Å². The van der Waals surface area contributed by atoms with Crippen molar-refractivity contribution in [2.45, 2.75) is 44.9 Å². The van der Waals surface area contributed by atoms with Gasteiger partial charge in [-0.1, -0.05) is 43.1 Å². The van der Waals surface area contributed by atoms with E-state index in [-0.39, 0.29) is 17.2 Å². The second kappa shape index (κ2) is 4.65. The molecule has 0 aromatic carbocycles. The van der Waals surface area contributed by atoms with Crippen LogP contribution in [0.4, 0.5) is 0 Å². The van der Waals surface area contributed by atoms with Crippen LogP contribution in [0, 0.1) is 11.3 Å². The van der Waals surface area contributed by atoms with E-state index in [1.807, 2.05) is 0 Å². The van der Waals surface area contributed by atoms with E-state index >= 15 is 0 Å². The average Bonchev–Trinajstić information content (AvgIpc) is 2.72. The summed E-state index contributed by atoms with van der Waals surface area (Å²) in [7, 11) is 0. The molecule has 1 N–H and O–H groups in total. The van der Waals surface area contributed by atoms with Gasteiger partial charge in [0.1, 0.15) is 0 Å². The van der Waals surface area contributed by atoms with Crippen LogP contribution in [-0.4, -0.2) is 17.3 Å². The molecule has 1 rings (SSSR count). The van der Waals surface area contributed by atoms with Gasteiger partial charge in [0.2, 0.25) is 5.91 Å². The molecule has 0 heterocycles. The van der Waals surface area contributed by atoms with E-state index in [0.717, 1.165) is 25.8 Å². The van der Waals surface area contributed by atoms with Gasteiger partial charge in [0.05, 0.1) is 0 Å². The number of alkyl halides is 1. The van der Waals surface area contributed by atoms with Crippen LogP contribution < -0.4 is 5.32 Å². The first-order valence-electron chi connectivity index (χ1n) is 5.39. The highest BCUT2D eigenvalue weighted by atomic mass is 79.9. The zero-order chi connectivity index (χ0) is 10.8. The second-order valence-electron chi connectivity index (χ2n) is 4.88. The molecule has 2 nitrogen and oxygen atoms in total. The molecule has 0 spiro atoms. The third-order valence-corrected chi connectivity index (χ3v) is 3.71. The Morgan fingerprint density at radius 1 is 1.64 bits per heavy atom. The highest BCUT2D eigenvalue weighted by molar-refractivity contribution is 9.09. The van der Waals surface area contributed by atoms with Crippen LogP contribution in [0.5, 0.6) is 0 Å². The fraction of sp³-hybridized carbons (Fsp3) is 0.909. The largest absolute Gasteiger partial charge is 0.355 e. The maximum atomic E-state index is 11.6. The number of nitrogens with one attached hydrogen (secondary N) is 1. The van der Waals surface area contributed by atoms with Crippen molar-refractivity contribution in [2.24, 2.45) is 11.3 Å². The molecule has 0 aromatic heterocycles. The second-order valence-corrected chi connectivity index (χ2v) is 6.17. The van der Waals surface area contributed by atoms with Crippen LogP contribution in [0.25, 0.3) is 0 Å². The van der Waals surface area contributed by atoms with Gasteiger partial charge in [-0.2, -0.15) is 0 Å². The zero-order valence-corrected chi connectivity index (χ0v) is 10.9. The summed E-state index contributed by atoms with van der Waals surface area (Å²) in [5, 5.41) is 3.00. The molecule has 0 bridgehead atoms. The Morgan fingerprint density at radius 2 is 2.21 bits per heavy atom. The Balaban J connectivity index is 2.16. The maximum Gasteiger partial charge on any atom is 0.223 e. The molecule has 1 aliphatic carbocycles.